The second-order valence-corrected chi connectivity index (χ2v) is 14.9. The molecule has 0 saturated carbocycles. The van der Waals surface area contributed by atoms with Gasteiger partial charge in [-0.3, -0.25) is 18.6 Å². The van der Waals surface area contributed by atoms with Gasteiger partial charge in [0.05, 0.1) is 13.2 Å². The smallest absolute Gasteiger partial charge is 0.462 e. The zero-order valence-corrected chi connectivity index (χ0v) is 34.4. The average molecular weight is 766 g/mol. The van der Waals surface area contributed by atoms with Crippen LogP contribution in [0.5, 0.6) is 0 Å². The summed E-state index contributed by atoms with van der Waals surface area (Å²) in [5.41, 5.74) is 5.34. The third kappa shape index (κ3) is 39.2. The van der Waals surface area contributed by atoms with E-state index >= 15 is 0 Å². The molecule has 0 aliphatic heterocycles. The predicted octanol–water partition coefficient (Wildman–Crippen LogP) is 11.7. The number of hydrogen-bond acceptors (Lipinski definition) is 8. The predicted molar refractivity (Wildman–Crippen MR) is 219 cm³/mol. The van der Waals surface area contributed by atoms with Gasteiger partial charge < -0.3 is 20.1 Å². The summed E-state index contributed by atoms with van der Waals surface area (Å²) in [5.74, 6) is -0.908. The monoisotopic (exact) mass is 766 g/mol. The summed E-state index contributed by atoms with van der Waals surface area (Å²) in [6.07, 6.45) is 45.4. The van der Waals surface area contributed by atoms with Crippen molar-refractivity contribution in [2.24, 2.45) is 5.73 Å². The first kappa shape index (κ1) is 50.7. The molecule has 0 aromatic rings. The molecule has 2 unspecified atom stereocenters. The van der Waals surface area contributed by atoms with Crippen LogP contribution in [0.1, 0.15) is 168 Å². The van der Waals surface area contributed by atoms with Crippen molar-refractivity contribution in [3.63, 3.8) is 0 Å². The van der Waals surface area contributed by atoms with Crippen LogP contribution in [0.2, 0.25) is 0 Å². The van der Waals surface area contributed by atoms with Crippen molar-refractivity contribution >= 4 is 19.8 Å². The molecule has 53 heavy (non-hydrogen) atoms. The Morgan fingerprint density at radius 2 is 1.00 bits per heavy atom. The summed E-state index contributed by atoms with van der Waals surface area (Å²) in [6, 6.07) is 0. The maximum Gasteiger partial charge on any atom is 0.472 e. The van der Waals surface area contributed by atoms with Crippen LogP contribution in [-0.2, 0) is 32.7 Å². The summed E-state index contributed by atoms with van der Waals surface area (Å²) in [7, 11) is -4.39. The van der Waals surface area contributed by atoms with Crippen LogP contribution in [0.4, 0.5) is 0 Å². The molecule has 10 heteroatoms. The van der Waals surface area contributed by atoms with Crippen LogP contribution in [0.15, 0.2) is 60.8 Å². The fourth-order valence-electron chi connectivity index (χ4n) is 5.27. The number of hydrogen-bond donors (Lipinski definition) is 2. The van der Waals surface area contributed by atoms with Gasteiger partial charge in [0.15, 0.2) is 6.10 Å². The highest BCUT2D eigenvalue weighted by molar-refractivity contribution is 7.47. The van der Waals surface area contributed by atoms with Crippen LogP contribution >= 0.6 is 7.82 Å². The first-order chi connectivity index (χ1) is 25.8. The molecule has 306 valence electrons. The standard InChI is InChI=1S/C43H76NO8P/c1-3-5-7-9-11-13-15-17-19-20-22-24-26-28-30-32-34-36-43(46)52-41(40-51-53(47,48)50-38-37-44)39-49-42(45)35-33-31-29-27-25-23-21-18-16-14-12-10-8-6-4-2/h11,13,17-19,21-22,24,28,30,41H,3-10,12,14-16,20,23,25-27,29,31-40,44H2,1-2H3,(H,47,48). The fourth-order valence-corrected chi connectivity index (χ4v) is 6.03. The van der Waals surface area contributed by atoms with Gasteiger partial charge in [0.1, 0.15) is 6.61 Å². The number of carbonyl (C=O) groups is 2. The second kappa shape index (κ2) is 39.4. The van der Waals surface area contributed by atoms with Crippen molar-refractivity contribution in [3.05, 3.63) is 60.8 Å². The number of phosphoric ester groups is 1. The molecule has 2 atom stereocenters. The molecule has 0 fully saturated rings. The van der Waals surface area contributed by atoms with Gasteiger partial charge >= 0.3 is 19.8 Å². The number of ether oxygens (including phenoxy) is 2. The quantitative estimate of drug-likeness (QED) is 0.0272. The van der Waals surface area contributed by atoms with Gasteiger partial charge in [0.2, 0.25) is 0 Å². The molecule has 0 amide bonds. The summed E-state index contributed by atoms with van der Waals surface area (Å²) in [6.45, 7) is 3.61. The van der Waals surface area contributed by atoms with E-state index < -0.39 is 32.5 Å². The van der Waals surface area contributed by atoms with Crippen molar-refractivity contribution in [2.75, 3.05) is 26.4 Å². The minimum Gasteiger partial charge on any atom is -0.462 e. The molecule has 3 N–H and O–H groups in total. The molecule has 0 aromatic heterocycles. The van der Waals surface area contributed by atoms with Crippen molar-refractivity contribution in [1.29, 1.82) is 0 Å². The lowest BCUT2D eigenvalue weighted by molar-refractivity contribution is -0.161. The van der Waals surface area contributed by atoms with Gasteiger partial charge in [-0.1, -0.05) is 139 Å². The first-order valence-corrected chi connectivity index (χ1v) is 22.3. The molecule has 0 aliphatic carbocycles. The van der Waals surface area contributed by atoms with Gasteiger partial charge in [-0.2, -0.15) is 0 Å². The van der Waals surface area contributed by atoms with Gasteiger partial charge in [0.25, 0.3) is 0 Å². The van der Waals surface area contributed by atoms with E-state index in [1.807, 2.05) is 6.08 Å². The second-order valence-electron chi connectivity index (χ2n) is 13.5. The van der Waals surface area contributed by atoms with Gasteiger partial charge in [0, 0.05) is 19.4 Å². The van der Waals surface area contributed by atoms with Gasteiger partial charge in [-0.15, -0.1) is 0 Å². The molecule has 0 saturated heterocycles. The lowest BCUT2D eigenvalue weighted by Crippen LogP contribution is -2.29. The third-order valence-electron chi connectivity index (χ3n) is 8.38. The largest absolute Gasteiger partial charge is 0.472 e. The number of esters is 2. The van der Waals surface area contributed by atoms with Crippen molar-refractivity contribution < 1.29 is 37.6 Å². The lowest BCUT2D eigenvalue weighted by atomic mass is 10.1. The number of rotatable bonds is 38. The SMILES string of the molecule is CCCCCC=CCC=CCC=CCC=CCCCC(=O)OC(COC(=O)CCCCCCCC=CCCCCCCCC)COP(=O)(O)OCCN. The minimum absolute atomic E-state index is 0.0414. The Hall–Kier alpha value is -2.29. The normalized spacial score (nSPS) is 14.0. The van der Waals surface area contributed by atoms with E-state index in [1.165, 1.54) is 70.6 Å². The molecule has 0 rings (SSSR count). The van der Waals surface area contributed by atoms with E-state index in [9.17, 15) is 19.0 Å². The molecule has 0 heterocycles. The van der Waals surface area contributed by atoms with E-state index in [1.54, 1.807) is 0 Å². The van der Waals surface area contributed by atoms with Crippen molar-refractivity contribution in [1.82, 2.24) is 0 Å². The van der Waals surface area contributed by atoms with E-state index in [-0.39, 0.29) is 32.6 Å². The number of nitrogens with two attached hydrogens (primary N) is 1. The van der Waals surface area contributed by atoms with E-state index in [4.69, 9.17) is 24.3 Å². The summed E-state index contributed by atoms with van der Waals surface area (Å²) in [4.78, 5) is 34.8. The van der Waals surface area contributed by atoms with Gasteiger partial charge in [-0.05, 0) is 77.0 Å². The highest BCUT2D eigenvalue weighted by atomic mass is 31.2. The topological polar surface area (TPSA) is 134 Å². The summed E-state index contributed by atoms with van der Waals surface area (Å²) >= 11 is 0. The van der Waals surface area contributed by atoms with Crippen LogP contribution in [0.25, 0.3) is 0 Å². The highest BCUT2D eigenvalue weighted by Crippen LogP contribution is 2.43. The Morgan fingerprint density at radius 3 is 1.57 bits per heavy atom. The lowest BCUT2D eigenvalue weighted by Gasteiger charge is -2.19. The summed E-state index contributed by atoms with van der Waals surface area (Å²) in [5, 5.41) is 0. The fraction of sp³-hybridized carbons (Fsp3) is 0.721. The molecular weight excluding hydrogens is 689 g/mol. The molecule has 0 aliphatic rings. The Balaban J connectivity index is 4.31. The average Bonchev–Trinajstić information content (AvgIpc) is 3.14. The van der Waals surface area contributed by atoms with Crippen LogP contribution < -0.4 is 5.73 Å². The molecule has 0 bridgehead atoms. The van der Waals surface area contributed by atoms with E-state index in [0.717, 1.165) is 51.4 Å². The molecule has 0 aromatic carbocycles. The van der Waals surface area contributed by atoms with Crippen molar-refractivity contribution in [3.8, 4) is 0 Å². The first-order valence-electron chi connectivity index (χ1n) is 20.8. The number of phosphoric acid groups is 1. The van der Waals surface area contributed by atoms with E-state index in [2.05, 4.69) is 68.5 Å². The highest BCUT2D eigenvalue weighted by Gasteiger charge is 2.25. The maximum absolute atomic E-state index is 12.5. The zero-order valence-electron chi connectivity index (χ0n) is 33.5. The number of unbranched alkanes of at least 4 members (excludes halogenated alkanes) is 15. The van der Waals surface area contributed by atoms with Crippen LogP contribution in [-0.4, -0.2) is 49.3 Å². The molecular formula is C43H76NO8P. The Morgan fingerprint density at radius 1 is 0.566 bits per heavy atom. The van der Waals surface area contributed by atoms with E-state index in [0.29, 0.717) is 19.3 Å². The van der Waals surface area contributed by atoms with Gasteiger partial charge in [-0.25, -0.2) is 4.57 Å². The number of allylic oxidation sites excluding steroid dienone is 10. The van der Waals surface area contributed by atoms with Crippen LogP contribution in [0, 0.1) is 0 Å². The molecule has 0 radical (unpaired) electrons. The third-order valence-corrected chi connectivity index (χ3v) is 9.36. The molecule has 0 spiro atoms. The maximum atomic E-state index is 12.5. The summed E-state index contributed by atoms with van der Waals surface area (Å²) < 4.78 is 32.7. The number of carbonyl (C=O) groups excluding carboxylic acids is 2. The van der Waals surface area contributed by atoms with Crippen LogP contribution in [0.3, 0.4) is 0 Å². The van der Waals surface area contributed by atoms with Crippen molar-refractivity contribution in [2.45, 2.75) is 174 Å². The zero-order chi connectivity index (χ0) is 38.9. The Kier molecular flexibility index (Phi) is 37.7. The Bertz CT molecular complexity index is 1050. The Labute approximate surface area is 323 Å². The molecule has 9 nitrogen and oxygen atoms in total. The minimum atomic E-state index is -4.39.